The molecular formula is C11H14N2O5. The summed E-state index contributed by atoms with van der Waals surface area (Å²) in [6.45, 7) is 1.75. The molecule has 18 heavy (non-hydrogen) atoms. The molecule has 7 nitrogen and oxygen atoms in total. The van der Waals surface area contributed by atoms with Crippen molar-refractivity contribution in [2.45, 2.75) is 19.4 Å². The molecule has 98 valence electrons. The molecule has 0 saturated heterocycles. The molecule has 0 saturated carbocycles. The molecule has 0 radical (unpaired) electrons. The fourth-order valence-corrected chi connectivity index (χ4v) is 1.45. The number of nitrogens with zero attached hydrogens (tertiary/aromatic N) is 1. The van der Waals surface area contributed by atoms with Crippen molar-refractivity contribution in [2.75, 3.05) is 12.4 Å². The summed E-state index contributed by atoms with van der Waals surface area (Å²) in [4.78, 5) is 21.6. The van der Waals surface area contributed by atoms with Gasteiger partial charge in [0.15, 0.2) is 0 Å². The molecule has 0 aliphatic carbocycles. The molecule has 0 aliphatic rings. The van der Waals surface area contributed by atoms with Crippen LogP contribution < -0.4 is 5.32 Å². The smallest absolute Gasteiger partial charge is 0.328 e. The summed E-state index contributed by atoms with van der Waals surface area (Å²) in [5.41, 5.74) is -0.132. The number of nitrogens with one attached hydrogen (secondary N) is 1. The summed E-state index contributed by atoms with van der Waals surface area (Å²) < 4.78 is 4.58. The maximum atomic E-state index is 11.4. The van der Waals surface area contributed by atoms with Crippen molar-refractivity contribution >= 4 is 17.3 Å². The number of phenols is 1. The molecule has 0 amide bonds. The fraction of sp³-hybridized carbons (Fsp3) is 0.364. The van der Waals surface area contributed by atoms with Gasteiger partial charge < -0.3 is 15.2 Å². The Kier molecular flexibility index (Phi) is 4.47. The van der Waals surface area contributed by atoms with E-state index in [-0.39, 0.29) is 17.1 Å². The maximum Gasteiger partial charge on any atom is 0.328 e. The lowest BCUT2D eigenvalue weighted by atomic mass is 10.2. The summed E-state index contributed by atoms with van der Waals surface area (Å²) in [7, 11) is 1.25. The van der Waals surface area contributed by atoms with Crippen LogP contribution in [0.15, 0.2) is 18.2 Å². The Labute approximate surface area is 104 Å². The van der Waals surface area contributed by atoms with Crippen LogP contribution in [-0.2, 0) is 9.53 Å². The van der Waals surface area contributed by atoms with Gasteiger partial charge in [0.05, 0.1) is 18.1 Å². The number of aromatic hydroxyl groups is 1. The van der Waals surface area contributed by atoms with E-state index in [2.05, 4.69) is 10.1 Å². The normalized spacial score (nSPS) is 11.7. The number of nitro groups is 1. The highest BCUT2D eigenvalue weighted by Crippen LogP contribution is 2.29. The Bertz CT molecular complexity index is 461. The monoisotopic (exact) mass is 254 g/mol. The zero-order valence-electron chi connectivity index (χ0n) is 10.0. The maximum absolute atomic E-state index is 11.4. The average Bonchev–Trinajstić information content (AvgIpc) is 2.36. The second-order valence-electron chi connectivity index (χ2n) is 3.59. The van der Waals surface area contributed by atoms with Crippen molar-refractivity contribution in [3.8, 4) is 5.75 Å². The molecule has 1 atom stereocenters. The number of benzene rings is 1. The molecule has 2 N–H and O–H groups in total. The van der Waals surface area contributed by atoms with Crippen LogP contribution in [0.5, 0.6) is 5.75 Å². The predicted molar refractivity (Wildman–Crippen MR) is 64.5 cm³/mol. The lowest BCUT2D eigenvalue weighted by Gasteiger charge is -2.15. The number of ether oxygens (including phenoxy) is 1. The molecular weight excluding hydrogens is 240 g/mol. The number of methoxy groups -OCH3 is 1. The second kappa shape index (κ2) is 5.85. The van der Waals surface area contributed by atoms with E-state index in [4.69, 9.17) is 0 Å². The zero-order valence-corrected chi connectivity index (χ0v) is 10.0. The van der Waals surface area contributed by atoms with Crippen molar-refractivity contribution in [2.24, 2.45) is 0 Å². The van der Waals surface area contributed by atoms with Crippen LogP contribution in [0.25, 0.3) is 0 Å². The molecule has 1 rings (SSSR count). The Balaban J connectivity index is 3.02. The van der Waals surface area contributed by atoms with E-state index < -0.39 is 16.9 Å². The number of phenolic OH excluding ortho intramolecular Hbond substituents is 1. The van der Waals surface area contributed by atoms with Crippen LogP contribution in [0.3, 0.4) is 0 Å². The second-order valence-corrected chi connectivity index (χ2v) is 3.59. The number of hydrogen-bond donors (Lipinski definition) is 2. The molecule has 0 aliphatic heterocycles. The number of rotatable bonds is 5. The SMILES string of the molecule is CCC(Nc1ccc(O)cc1[N+](=O)[O-])C(=O)OC. The van der Waals surface area contributed by atoms with Gasteiger partial charge in [-0.1, -0.05) is 6.92 Å². The first kappa shape index (κ1) is 13.8. The molecule has 7 heteroatoms. The van der Waals surface area contributed by atoms with Gasteiger partial charge in [-0.3, -0.25) is 10.1 Å². The largest absolute Gasteiger partial charge is 0.508 e. The van der Waals surface area contributed by atoms with Gasteiger partial charge in [0.25, 0.3) is 5.69 Å². The number of hydrogen-bond acceptors (Lipinski definition) is 6. The minimum atomic E-state index is -0.668. The highest BCUT2D eigenvalue weighted by molar-refractivity contribution is 5.80. The van der Waals surface area contributed by atoms with Crippen LogP contribution in [0, 0.1) is 10.1 Å². The summed E-state index contributed by atoms with van der Waals surface area (Å²) >= 11 is 0. The standard InChI is InChI=1S/C11H14N2O5/c1-3-8(11(15)18-2)12-9-5-4-7(14)6-10(9)13(16)17/h4-6,8,12,14H,3H2,1-2H3. The Hall–Kier alpha value is -2.31. The lowest BCUT2D eigenvalue weighted by molar-refractivity contribution is -0.384. The molecule has 1 aromatic carbocycles. The Morgan fingerprint density at radius 3 is 2.78 bits per heavy atom. The zero-order chi connectivity index (χ0) is 13.7. The van der Waals surface area contributed by atoms with Crippen LogP contribution in [-0.4, -0.2) is 29.2 Å². The molecule has 1 aromatic rings. The third-order valence-corrected chi connectivity index (χ3v) is 2.40. The minimum absolute atomic E-state index is 0.162. The average molecular weight is 254 g/mol. The van der Waals surface area contributed by atoms with E-state index in [1.165, 1.54) is 19.2 Å². The van der Waals surface area contributed by atoms with Crippen LogP contribution in [0.1, 0.15) is 13.3 Å². The predicted octanol–water partition coefficient (Wildman–Crippen LogP) is 1.66. The molecule has 0 bridgehead atoms. The van der Waals surface area contributed by atoms with Crippen molar-refractivity contribution in [3.05, 3.63) is 28.3 Å². The van der Waals surface area contributed by atoms with Crippen LogP contribution in [0.4, 0.5) is 11.4 Å². The number of carbonyl (C=O) groups excluding carboxylic acids is 1. The first-order chi connectivity index (χ1) is 8.49. The van der Waals surface area contributed by atoms with E-state index in [0.717, 1.165) is 6.07 Å². The van der Waals surface area contributed by atoms with Crippen molar-refractivity contribution in [3.63, 3.8) is 0 Å². The highest BCUT2D eigenvalue weighted by atomic mass is 16.6. The third kappa shape index (κ3) is 3.09. The molecule has 1 unspecified atom stereocenters. The fourth-order valence-electron chi connectivity index (χ4n) is 1.45. The van der Waals surface area contributed by atoms with Crippen LogP contribution in [0.2, 0.25) is 0 Å². The summed E-state index contributed by atoms with van der Waals surface area (Å²) in [6, 6.07) is 3.00. The van der Waals surface area contributed by atoms with Crippen molar-refractivity contribution < 1.29 is 19.6 Å². The quantitative estimate of drug-likeness (QED) is 0.358. The van der Waals surface area contributed by atoms with E-state index in [1.807, 2.05) is 0 Å². The van der Waals surface area contributed by atoms with E-state index >= 15 is 0 Å². The van der Waals surface area contributed by atoms with Gasteiger partial charge in [0, 0.05) is 0 Å². The van der Waals surface area contributed by atoms with Gasteiger partial charge in [-0.2, -0.15) is 0 Å². The number of anilines is 1. The minimum Gasteiger partial charge on any atom is -0.508 e. The first-order valence-corrected chi connectivity index (χ1v) is 5.31. The Morgan fingerprint density at radius 1 is 1.61 bits per heavy atom. The van der Waals surface area contributed by atoms with Gasteiger partial charge in [0.2, 0.25) is 0 Å². The van der Waals surface area contributed by atoms with Crippen LogP contribution >= 0.6 is 0 Å². The number of esters is 1. The summed E-state index contributed by atoms with van der Waals surface area (Å²) in [6.07, 6.45) is 0.421. The van der Waals surface area contributed by atoms with Gasteiger partial charge in [-0.15, -0.1) is 0 Å². The van der Waals surface area contributed by atoms with Gasteiger partial charge in [-0.25, -0.2) is 4.79 Å². The van der Waals surface area contributed by atoms with Crippen molar-refractivity contribution in [1.82, 2.24) is 0 Å². The topological polar surface area (TPSA) is 102 Å². The molecule has 0 spiro atoms. The third-order valence-electron chi connectivity index (χ3n) is 2.40. The Morgan fingerprint density at radius 2 is 2.28 bits per heavy atom. The number of nitro benzene ring substituents is 1. The molecule has 0 fully saturated rings. The summed E-state index contributed by atoms with van der Waals surface area (Å²) in [5.74, 6) is -0.710. The molecule has 0 aromatic heterocycles. The first-order valence-electron chi connectivity index (χ1n) is 5.31. The van der Waals surface area contributed by atoms with E-state index in [0.29, 0.717) is 6.42 Å². The number of carbonyl (C=O) groups is 1. The lowest BCUT2D eigenvalue weighted by Crippen LogP contribution is -2.30. The molecule has 0 heterocycles. The van der Waals surface area contributed by atoms with Gasteiger partial charge >= 0.3 is 5.97 Å². The van der Waals surface area contributed by atoms with Gasteiger partial charge in [-0.05, 0) is 18.6 Å². The van der Waals surface area contributed by atoms with E-state index in [1.54, 1.807) is 6.92 Å². The van der Waals surface area contributed by atoms with Gasteiger partial charge in [0.1, 0.15) is 17.5 Å². The van der Waals surface area contributed by atoms with Crippen molar-refractivity contribution in [1.29, 1.82) is 0 Å². The summed E-state index contributed by atoms with van der Waals surface area (Å²) in [5, 5.41) is 22.8. The van der Waals surface area contributed by atoms with E-state index in [9.17, 15) is 20.0 Å². The highest BCUT2D eigenvalue weighted by Gasteiger charge is 2.21.